The van der Waals surface area contributed by atoms with E-state index in [2.05, 4.69) is 65.0 Å². The maximum Gasteiger partial charge on any atom is 0.348 e. The minimum atomic E-state index is -0.594. The van der Waals surface area contributed by atoms with E-state index in [1.165, 1.54) is 16.3 Å². The van der Waals surface area contributed by atoms with Crippen molar-refractivity contribution in [3.8, 4) is 6.07 Å². The molecular weight excluding hydrogens is 404 g/mol. The van der Waals surface area contributed by atoms with E-state index in [4.69, 9.17) is 4.74 Å². The van der Waals surface area contributed by atoms with Gasteiger partial charge in [-0.1, -0.05) is 41.9 Å². The van der Waals surface area contributed by atoms with Crippen LogP contribution in [0, 0.1) is 11.3 Å². The molecule has 0 N–H and O–H groups in total. The van der Waals surface area contributed by atoms with Crippen molar-refractivity contribution >= 4 is 38.4 Å². The summed E-state index contributed by atoms with van der Waals surface area (Å²) in [6, 6.07) is 12.5. The second-order valence-electron chi connectivity index (χ2n) is 6.97. The monoisotopic (exact) mass is 424 g/mol. The molecule has 5 heteroatoms. The number of hydrogen-bond acceptors (Lipinski definition) is 4. The summed E-state index contributed by atoms with van der Waals surface area (Å²) >= 11 is 3.54. The van der Waals surface area contributed by atoms with Crippen LogP contribution in [0.25, 0.3) is 10.8 Å². The Morgan fingerprint density at radius 2 is 2.07 bits per heavy atom. The Kier molecular flexibility index (Phi) is 5.12. The van der Waals surface area contributed by atoms with Gasteiger partial charge in [0.1, 0.15) is 11.6 Å². The average Bonchev–Trinajstić information content (AvgIpc) is 2.82. The summed E-state index contributed by atoms with van der Waals surface area (Å²) in [5.41, 5.74) is 3.11. The quantitative estimate of drug-likeness (QED) is 0.384. The molecular formula is C22H21BrN2O2. The fourth-order valence-corrected chi connectivity index (χ4v) is 4.12. The first-order chi connectivity index (χ1) is 12.8. The smallest absolute Gasteiger partial charge is 0.348 e. The van der Waals surface area contributed by atoms with E-state index in [0.29, 0.717) is 0 Å². The number of allylic oxidation sites excluding steroid dienone is 3. The number of likely N-dealkylation sites (N-methyl/N-ethyl adjacent to an activating group) is 1. The van der Waals surface area contributed by atoms with Gasteiger partial charge in [-0.15, -0.1) is 0 Å². The van der Waals surface area contributed by atoms with Gasteiger partial charge in [0.25, 0.3) is 0 Å². The topological polar surface area (TPSA) is 53.3 Å². The van der Waals surface area contributed by atoms with Crippen LogP contribution in [0.3, 0.4) is 0 Å². The number of fused-ring (bicyclic) bond motifs is 3. The third-order valence-electron chi connectivity index (χ3n) is 4.97. The molecule has 0 fully saturated rings. The van der Waals surface area contributed by atoms with Gasteiger partial charge in [0.05, 0.1) is 6.61 Å². The molecule has 0 bridgehead atoms. The number of nitriles is 1. The van der Waals surface area contributed by atoms with Gasteiger partial charge in [0.2, 0.25) is 0 Å². The lowest BCUT2D eigenvalue weighted by Crippen LogP contribution is -2.22. The molecule has 0 aliphatic carbocycles. The zero-order valence-electron chi connectivity index (χ0n) is 15.8. The molecule has 0 spiro atoms. The van der Waals surface area contributed by atoms with Crippen LogP contribution in [0.2, 0.25) is 0 Å². The summed E-state index contributed by atoms with van der Waals surface area (Å²) in [6.45, 7) is 6.28. The molecule has 0 saturated carbocycles. The van der Waals surface area contributed by atoms with Crippen molar-refractivity contribution in [2.45, 2.75) is 26.2 Å². The van der Waals surface area contributed by atoms with E-state index < -0.39 is 5.97 Å². The molecule has 27 heavy (non-hydrogen) atoms. The number of anilines is 1. The molecule has 0 atom stereocenters. The average molecular weight is 425 g/mol. The van der Waals surface area contributed by atoms with Gasteiger partial charge in [0.15, 0.2) is 0 Å². The standard InChI is InChI=1S/C22H21BrN2O2/c1-5-27-21(26)15(13-24)7-11-19-22(2,3)20-17-9-8-16(23)12-14(17)6-10-18(20)25(19)4/h6-12H,5H2,1-4H3/b15-7-,19-11+. The first-order valence-electron chi connectivity index (χ1n) is 8.77. The highest BCUT2D eigenvalue weighted by atomic mass is 79.9. The molecule has 0 unspecified atom stereocenters. The molecule has 2 aromatic rings. The molecule has 138 valence electrons. The maximum atomic E-state index is 11.9. The summed E-state index contributed by atoms with van der Waals surface area (Å²) < 4.78 is 5.99. The van der Waals surface area contributed by atoms with E-state index >= 15 is 0 Å². The highest BCUT2D eigenvalue weighted by Crippen LogP contribution is 2.50. The molecule has 0 aromatic heterocycles. The van der Waals surface area contributed by atoms with Crippen LogP contribution in [-0.2, 0) is 14.9 Å². The molecule has 0 radical (unpaired) electrons. The molecule has 3 rings (SSSR count). The predicted octanol–water partition coefficient (Wildman–Crippen LogP) is 5.23. The number of benzene rings is 2. The van der Waals surface area contributed by atoms with Gasteiger partial charge in [-0.05, 0) is 53.6 Å². The number of rotatable bonds is 3. The number of esters is 1. The highest BCUT2D eigenvalue weighted by Gasteiger charge is 2.39. The number of hydrogen-bond donors (Lipinski definition) is 0. The molecule has 1 aliphatic heterocycles. The van der Waals surface area contributed by atoms with Crippen molar-refractivity contribution < 1.29 is 9.53 Å². The van der Waals surface area contributed by atoms with Crippen LogP contribution in [-0.4, -0.2) is 19.6 Å². The van der Waals surface area contributed by atoms with Crippen molar-refractivity contribution in [1.29, 1.82) is 5.26 Å². The Morgan fingerprint density at radius 1 is 1.33 bits per heavy atom. The van der Waals surface area contributed by atoms with Crippen molar-refractivity contribution in [2.24, 2.45) is 0 Å². The minimum absolute atomic E-state index is 0.00158. The Bertz CT molecular complexity index is 1030. The Labute approximate surface area is 167 Å². The van der Waals surface area contributed by atoms with Crippen LogP contribution in [0.5, 0.6) is 0 Å². The van der Waals surface area contributed by atoms with Crippen LogP contribution in [0.15, 0.2) is 58.2 Å². The van der Waals surface area contributed by atoms with Gasteiger partial charge < -0.3 is 9.64 Å². The highest BCUT2D eigenvalue weighted by molar-refractivity contribution is 9.10. The van der Waals surface area contributed by atoms with Crippen LogP contribution in [0.1, 0.15) is 26.3 Å². The fourth-order valence-electron chi connectivity index (χ4n) is 3.74. The van der Waals surface area contributed by atoms with Gasteiger partial charge in [-0.2, -0.15) is 5.26 Å². The van der Waals surface area contributed by atoms with E-state index in [1.54, 1.807) is 13.0 Å². The zero-order valence-corrected chi connectivity index (χ0v) is 17.4. The number of nitrogens with zero attached hydrogens (tertiary/aromatic N) is 2. The number of halogens is 1. The predicted molar refractivity (Wildman–Crippen MR) is 111 cm³/mol. The fraction of sp³-hybridized carbons (Fsp3) is 0.273. The molecule has 1 heterocycles. The normalized spacial score (nSPS) is 17.1. The first kappa shape index (κ1) is 19.2. The van der Waals surface area contributed by atoms with Crippen molar-refractivity contribution in [3.05, 3.63) is 63.8 Å². The second kappa shape index (κ2) is 7.21. The van der Waals surface area contributed by atoms with Crippen LogP contribution < -0.4 is 4.90 Å². The number of carbonyl (C=O) groups excluding carboxylic acids is 1. The number of ether oxygens (including phenoxy) is 1. The Balaban J connectivity index is 2.13. The maximum absolute atomic E-state index is 11.9. The van der Waals surface area contributed by atoms with E-state index in [1.807, 2.05) is 19.2 Å². The largest absolute Gasteiger partial charge is 0.462 e. The van der Waals surface area contributed by atoms with E-state index in [-0.39, 0.29) is 17.6 Å². The zero-order chi connectivity index (χ0) is 19.8. The third kappa shape index (κ3) is 3.26. The van der Waals surface area contributed by atoms with E-state index in [0.717, 1.165) is 15.9 Å². The molecule has 1 aliphatic rings. The number of carbonyl (C=O) groups is 1. The molecule has 0 amide bonds. The summed E-state index contributed by atoms with van der Waals surface area (Å²) in [7, 11) is 2.01. The third-order valence-corrected chi connectivity index (χ3v) is 5.46. The first-order valence-corrected chi connectivity index (χ1v) is 9.56. The lowest BCUT2D eigenvalue weighted by Gasteiger charge is -2.24. The van der Waals surface area contributed by atoms with Crippen molar-refractivity contribution in [1.82, 2.24) is 0 Å². The summed E-state index contributed by atoms with van der Waals surface area (Å²) in [4.78, 5) is 14.0. The lowest BCUT2D eigenvalue weighted by atomic mass is 9.81. The summed E-state index contributed by atoms with van der Waals surface area (Å²) in [5.74, 6) is -0.594. The Morgan fingerprint density at radius 3 is 2.74 bits per heavy atom. The van der Waals surface area contributed by atoms with Gasteiger partial charge in [0, 0.05) is 28.3 Å². The summed E-state index contributed by atoms with van der Waals surface area (Å²) in [5, 5.41) is 11.6. The SMILES string of the molecule is CCOC(=O)/C(C#N)=C\C=C1\N(C)c2ccc3cc(Br)ccc3c2C1(C)C. The van der Waals surface area contributed by atoms with Crippen molar-refractivity contribution in [3.63, 3.8) is 0 Å². The summed E-state index contributed by atoms with van der Waals surface area (Å²) in [6.07, 6.45) is 3.40. The van der Waals surface area contributed by atoms with Gasteiger partial charge in [-0.25, -0.2) is 4.79 Å². The lowest BCUT2D eigenvalue weighted by molar-refractivity contribution is -0.138. The van der Waals surface area contributed by atoms with Crippen molar-refractivity contribution in [2.75, 3.05) is 18.6 Å². The molecule has 2 aromatic carbocycles. The van der Waals surface area contributed by atoms with E-state index in [9.17, 15) is 10.1 Å². The molecule has 4 nitrogen and oxygen atoms in total. The second-order valence-corrected chi connectivity index (χ2v) is 7.89. The minimum Gasteiger partial charge on any atom is -0.462 e. The van der Waals surface area contributed by atoms with Crippen LogP contribution in [0.4, 0.5) is 5.69 Å². The van der Waals surface area contributed by atoms with Gasteiger partial charge in [-0.3, -0.25) is 0 Å². The van der Waals surface area contributed by atoms with Gasteiger partial charge >= 0.3 is 5.97 Å². The molecule has 0 saturated heterocycles. The van der Waals surface area contributed by atoms with Crippen LogP contribution >= 0.6 is 15.9 Å². The Hall–Kier alpha value is -2.58.